The van der Waals surface area contributed by atoms with E-state index in [1.54, 1.807) is 11.3 Å². The molecule has 3 nitrogen and oxygen atoms in total. The van der Waals surface area contributed by atoms with Gasteiger partial charge in [-0.3, -0.25) is 0 Å². The predicted molar refractivity (Wildman–Crippen MR) is 63.0 cm³/mol. The molecule has 2 rings (SSSR count). The summed E-state index contributed by atoms with van der Waals surface area (Å²) in [5.41, 5.74) is 8.38. The molecule has 0 saturated heterocycles. The van der Waals surface area contributed by atoms with E-state index in [2.05, 4.69) is 24.9 Å². The fourth-order valence-electron chi connectivity index (χ4n) is 1.75. The minimum absolute atomic E-state index is 0.337. The molecule has 2 heterocycles. The Kier molecular flexibility index (Phi) is 2.13. The van der Waals surface area contributed by atoms with Crippen molar-refractivity contribution in [2.45, 2.75) is 20.8 Å². The normalized spacial score (nSPS) is 10.5. The van der Waals surface area contributed by atoms with E-state index in [1.807, 2.05) is 6.92 Å². The minimum atomic E-state index is 0.337. The number of hydrogen-bond acceptors (Lipinski definition) is 4. The summed E-state index contributed by atoms with van der Waals surface area (Å²) in [6.07, 6.45) is 0. The van der Waals surface area contributed by atoms with Crippen molar-refractivity contribution in [2.24, 2.45) is 0 Å². The smallest absolute Gasteiger partial charge is 0.143 e. The van der Waals surface area contributed by atoms with Gasteiger partial charge in [0.05, 0.1) is 5.56 Å². The lowest BCUT2D eigenvalue weighted by Gasteiger charge is -2.03. The maximum atomic E-state index is 8.99. The van der Waals surface area contributed by atoms with E-state index in [1.165, 1.54) is 10.4 Å². The first kappa shape index (κ1) is 9.94. The average molecular weight is 217 g/mol. The molecule has 0 unspecified atom stereocenters. The zero-order valence-electron chi connectivity index (χ0n) is 8.88. The van der Waals surface area contributed by atoms with Gasteiger partial charge in [-0.25, -0.2) is 4.98 Å². The molecular weight excluding hydrogens is 206 g/mol. The van der Waals surface area contributed by atoms with Crippen LogP contribution in [0.25, 0.3) is 10.2 Å². The molecule has 0 amide bonds. The second-order valence-corrected chi connectivity index (χ2v) is 4.78. The summed E-state index contributed by atoms with van der Waals surface area (Å²) in [4.78, 5) is 6.42. The number of thiophene rings is 1. The van der Waals surface area contributed by atoms with Crippen molar-refractivity contribution in [3.05, 3.63) is 21.6 Å². The lowest BCUT2D eigenvalue weighted by atomic mass is 10.0. The first-order chi connectivity index (χ1) is 7.06. The van der Waals surface area contributed by atoms with Crippen LogP contribution in [0.4, 0.5) is 5.82 Å². The van der Waals surface area contributed by atoms with Crippen molar-refractivity contribution >= 4 is 27.4 Å². The molecule has 0 saturated carbocycles. The summed E-state index contributed by atoms with van der Waals surface area (Å²) >= 11 is 1.63. The molecular formula is C11H11N3S. The quantitative estimate of drug-likeness (QED) is 0.738. The van der Waals surface area contributed by atoms with Crippen LogP contribution < -0.4 is 5.73 Å². The Morgan fingerprint density at radius 1 is 1.27 bits per heavy atom. The molecule has 4 heteroatoms. The second-order valence-electron chi connectivity index (χ2n) is 3.57. The van der Waals surface area contributed by atoms with E-state index in [9.17, 15) is 0 Å². The Balaban J connectivity index is 3.00. The molecule has 76 valence electrons. The molecule has 0 aliphatic rings. The average Bonchev–Trinajstić information content (AvgIpc) is 2.43. The number of hydrogen-bond donors (Lipinski definition) is 1. The Labute approximate surface area is 92.2 Å². The van der Waals surface area contributed by atoms with Crippen molar-refractivity contribution in [1.82, 2.24) is 4.98 Å². The van der Waals surface area contributed by atoms with Crippen LogP contribution >= 0.6 is 11.3 Å². The highest BCUT2D eigenvalue weighted by atomic mass is 32.1. The molecule has 15 heavy (non-hydrogen) atoms. The number of aryl methyl sites for hydroxylation is 3. The second kappa shape index (κ2) is 3.21. The van der Waals surface area contributed by atoms with Gasteiger partial charge < -0.3 is 5.73 Å². The first-order valence-electron chi connectivity index (χ1n) is 4.62. The highest BCUT2D eigenvalue weighted by Gasteiger charge is 2.14. The van der Waals surface area contributed by atoms with Crippen LogP contribution in [-0.4, -0.2) is 4.98 Å². The SMILES string of the molecule is Cc1sc2nc(N)c(C#N)c(C)c2c1C. The van der Waals surface area contributed by atoms with Crippen LogP contribution in [0.15, 0.2) is 0 Å². The van der Waals surface area contributed by atoms with Gasteiger partial charge in [0.15, 0.2) is 0 Å². The highest BCUT2D eigenvalue weighted by Crippen LogP contribution is 2.33. The monoisotopic (exact) mass is 217 g/mol. The third-order valence-corrected chi connectivity index (χ3v) is 3.81. The van der Waals surface area contributed by atoms with Crippen LogP contribution in [0.1, 0.15) is 21.6 Å². The number of aromatic nitrogens is 1. The number of pyridine rings is 1. The van der Waals surface area contributed by atoms with Crippen LogP contribution in [0.5, 0.6) is 0 Å². The number of fused-ring (bicyclic) bond motifs is 1. The molecule has 2 aromatic rings. The summed E-state index contributed by atoms with van der Waals surface area (Å²) in [7, 11) is 0. The van der Waals surface area contributed by atoms with Gasteiger partial charge in [0.25, 0.3) is 0 Å². The van der Waals surface area contributed by atoms with Crippen molar-refractivity contribution in [2.75, 3.05) is 5.73 Å². The van der Waals surface area contributed by atoms with Gasteiger partial charge in [-0.2, -0.15) is 5.26 Å². The van der Waals surface area contributed by atoms with E-state index in [0.29, 0.717) is 11.4 Å². The van der Waals surface area contributed by atoms with E-state index in [0.717, 1.165) is 15.8 Å². The summed E-state index contributed by atoms with van der Waals surface area (Å²) in [5, 5.41) is 10.1. The summed E-state index contributed by atoms with van der Waals surface area (Å²) in [5.74, 6) is 0.337. The summed E-state index contributed by atoms with van der Waals surface area (Å²) < 4.78 is 0. The van der Waals surface area contributed by atoms with Gasteiger partial charge in [0.2, 0.25) is 0 Å². The van der Waals surface area contributed by atoms with Crippen LogP contribution in [0.3, 0.4) is 0 Å². The van der Waals surface area contributed by atoms with Crippen molar-refractivity contribution in [3.8, 4) is 6.07 Å². The molecule has 0 aliphatic carbocycles. The molecule has 0 aliphatic heterocycles. The first-order valence-corrected chi connectivity index (χ1v) is 5.43. The van der Waals surface area contributed by atoms with E-state index in [4.69, 9.17) is 11.0 Å². The number of rotatable bonds is 0. The maximum Gasteiger partial charge on any atom is 0.143 e. The Hall–Kier alpha value is -1.60. The van der Waals surface area contributed by atoms with E-state index >= 15 is 0 Å². The molecule has 0 radical (unpaired) electrons. The van der Waals surface area contributed by atoms with Gasteiger partial charge in [0.1, 0.15) is 16.7 Å². The molecule has 0 spiro atoms. The van der Waals surface area contributed by atoms with E-state index < -0.39 is 0 Å². The van der Waals surface area contributed by atoms with E-state index in [-0.39, 0.29) is 0 Å². The third kappa shape index (κ3) is 1.28. The summed E-state index contributed by atoms with van der Waals surface area (Å²) in [6.45, 7) is 6.04. The largest absolute Gasteiger partial charge is 0.383 e. The van der Waals surface area contributed by atoms with Crippen LogP contribution in [0.2, 0.25) is 0 Å². The zero-order valence-corrected chi connectivity index (χ0v) is 9.70. The fraction of sp³-hybridized carbons (Fsp3) is 0.273. The Bertz CT molecular complexity index is 590. The Morgan fingerprint density at radius 2 is 1.93 bits per heavy atom. The maximum absolute atomic E-state index is 8.99. The number of nitrogens with two attached hydrogens (primary N) is 1. The van der Waals surface area contributed by atoms with Crippen LogP contribution in [-0.2, 0) is 0 Å². The number of nitrogen functional groups attached to an aromatic ring is 1. The molecule has 0 bridgehead atoms. The van der Waals surface area contributed by atoms with Crippen molar-refractivity contribution in [3.63, 3.8) is 0 Å². The van der Waals surface area contributed by atoms with Gasteiger partial charge in [0, 0.05) is 10.3 Å². The molecule has 2 aromatic heterocycles. The van der Waals surface area contributed by atoms with Gasteiger partial charge in [-0.1, -0.05) is 0 Å². The Morgan fingerprint density at radius 3 is 2.53 bits per heavy atom. The minimum Gasteiger partial charge on any atom is -0.383 e. The number of nitriles is 1. The number of anilines is 1. The molecule has 0 fully saturated rings. The highest BCUT2D eigenvalue weighted by molar-refractivity contribution is 7.18. The lowest BCUT2D eigenvalue weighted by Crippen LogP contribution is -1.97. The van der Waals surface area contributed by atoms with Crippen molar-refractivity contribution in [1.29, 1.82) is 5.26 Å². The van der Waals surface area contributed by atoms with Crippen molar-refractivity contribution < 1.29 is 0 Å². The topological polar surface area (TPSA) is 62.7 Å². The predicted octanol–water partition coefficient (Wildman–Crippen LogP) is 2.68. The number of nitrogens with zero attached hydrogens (tertiary/aromatic N) is 2. The standard InChI is InChI=1S/C11H11N3S/c1-5-7(3)15-11-9(5)6(2)8(4-12)10(13)14-11/h1-3H3,(H2,13,14). The summed E-state index contributed by atoms with van der Waals surface area (Å²) in [6, 6.07) is 2.11. The van der Waals surface area contributed by atoms with Crippen LogP contribution in [0, 0.1) is 32.1 Å². The molecule has 2 N–H and O–H groups in total. The third-order valence-electron chi connectivity index (χ3n) is 2.71. The molecule has 0 aromatic carbocycles. The lowest BCUT2D eigenvalue weighted by molar-refractivity contribution is 1.33. The van der Waals surface area contributed by atoms with Gasteiger partial charge in [-0.15, -0.1) is 11.3 Å². The fourth-order valence-corrected chi connectivity index (χ4v) is 2.85. The zero-order chi connectivity index (χ0) is 11.2. The molecule has 0 atom stereocenters. The van der Waals surface area contributed by atoms with Gasteiger partial charge in [-0.05, 0) is 31.9 Å². The van der Waals surface area contributed by atoms with Gasteiger partial charge >= 0.3 is 0 Å².